The molecule has 2 fully saturated rings. The lowest BCUT2D eigenvalue weighted by Crippen LogP contribution is -2.44. The van der Waals surface area contributed by atoms with E-state index in [1.54, 1.807) is 0 Å². The number of carbonyl (C=O) groups excluding carboxylic acids is 1. The minimum atomic E-state index is 0.277. The Morgan fingerprint density at radius 2 is 2.21 bits per heavy atom. The van der Waals surface area contributed by atoms with Crippen molar-refractivity contribution in [1.82, 2.24) is 10.6 Å². The minimum absolute atomic E-state index is 0.277. The molecule has 2 rings (SSSR count). The van der Waals surface area contributed by atoms with E-state index >= 15 is 0 Å². The van der Waals surface area contributed by atoms with Gasteiger partial charge in [0.25, 0.3) is 0 Å². The summed E-state index contributed by atoms with van der Waals surface area (Å²) in [4.78, 5) is 11.4. The van der Waals surface area contributed by atoms with Gasteiger partial charge in [-0.1, -0.05) is 0 Å². The van der Waals surface area contributed by atoms with Gasteiger partial charge in [0.15, 0.2) is 0 Å². The van der Waals surface area contributed by atoms with Gasteiger partial charge in [-0.3, -0.25) is 4.79 Å². The van der Waals surface area contributed by atoms with Crippen LogP contribution in [0.25, 0.3) is 0 Å². The molecule has 3 nitrogen and oxygen atoms in total. The van der Waals surface area contributed by atoms with Gasteiger partial charge in [-0.2, -0.15) is 0 Å². The lowest BCUT2D eigenvalue weighted by Gasteiger charge is -2.28. The number of hydrogen-bond donors (Lipinski definition) is 2. The maximum absolute atomic E-state index is 11.4. The highest BCUT2D eigenvalue weighted by Crippen LogP contribution is 2.29. The van der Waals surface area contributed by atoms with E-state index in [1.165, 1.54) is 19.4 Å². The zero-order chi connectivity index (χ0) is 9.97. The molecule has 1 saturated heterocycles. The molecule has 1 aliphatic carbocycles. The average molecular weight is 196 g/mol. The first-order valence-corrected chi connectivity index (χ1v) is 5.79. The number of nitrogens with one attached hydrogen (secondary N) is 2. The van der Waals surface area contributed by atoms with Crippen molar-refractivity contribution in [3.05, 3.63) is 0 Å². The molecule has 14 heavy (non-hydrogen) atoms. The molecular weight excluding hydrogens is 176 g/mol. The molecular formula is C11H20N2O. The van der Waals surface area contributed by atoms with Crippen molar-refractivity contribution in [3.8, 4) is 0 Å². The summed E-state index contributed by atoms with van der Waals surface area (Å²) in [6, 6.07) is 1.07. The van der Waals surface area contributed by atoms with E-state index in [0.29, 0.717) is 12.0 Å². The summed E-state index contributed by atoms with van der Waals surface area (Å²) in [5, 5.41) is 6.46. The Balaban J connectivity index is 1.57. The molecule has 0 aromatic carbocycles. The summed E-state index contributed by atoms with van der Waals surface area (Å²) < 4.78 is 0. The van der Waals surface area contributed by atoms with Crippen molar-refractivity contribution >= 4 is 5.91 Å². The fourth-order valence-electron chi connectivity index (χ4n) is 1.82. The van der Waals surface area contributed by atoms with Crippen molar-refractivity contribution in [2.24, 2.45) is 5.92 Å². The topological polar surface area (TPSA) is 41.1 Å². The van der Waals surface area contributed by atoms with Crippen molar-refractivity contribution in [2.75, 3.05) is 6.54 Å². The molecule has 2 unspecified atom stereocenters. The SMILES string of the molecule is CC(CCC1CCN1)NC(=O)C1CC1. The number of amides is 1. The molecule has 0 bridgehead atoms. The maximum atomic E-state index is 11.4. The fraction of sp³-hybridized carbons (Fsp3) is 0.909. The Labute approximate surface area is 85.6 Å². The van der Waals surface area contributed by atoms with Crippen LogP contribution in [0.15, 0.2) is 0 Å². The van der Waals surface area contributed by atoms with Crippen LogP contribution in [0.1, 0.15) is 39.0 Å². The Bertz CT molecular complexity index is 209. The molecule has 0 aromatic rings. The quantitative estimate of drug-likeness (QED) is 0.690. The van der Waals surface area contributed by atoms with Crippen LogP contribution in [0.4, 0.5) is 0 Å². The second kappa shape index (κ2) is 4.30. The normalized spacial score (nSPS) is 27.9. The van der Waals surface area contributed by atoms with Gasteiger partial charge in [-0.25, -0.2) is 0 Å². The summed E-state index contributed by atoms with van der Waals surface area (Å²) in [5.74, 6) is 0.623. The van der Waals surface area contributed by atoms with Gasteiger partial charge in [0.05, 0.1) is 0 Å². The molecule has 1 amide bonds. The molecule has 0 spiro atoms. The van der Waals surface area contributed by atoms with Gasteiger partial charge in [0.1, 0.15) is 0 Å². The van der Waals surface area contributed by atoms with Gasteiger partial charge >= 0.3 is 0 Å². The lowest BCUT2D eigenvalue weighted by molar-refractivity contribution is -0.122. The van der Waals surface area contributed by atoms with Gasteiger partial charge in [-0.15, -0.1) is 0 Å². The van der Waals surface area contributed by atoms with Crippen LogP contribution >= 0.6 is 0 Å². The Morgan fingerprint density at radius 1 is 1.50 bits per heavy atom. The van der Waals surface area contributed by atoms with Gasteiger partial charge < -0.3 is 10.6 Å². The van der Waals surface area contributed by atoms with Crippen LogP contribution in [0.5, 0.6) is 0 Å². The second-order valence-electron chi connectivity index (χ2n) is 4.70. The van der Waals surface area contributed by atoms with Crippen LogP contribution in [-0.2, 0) is 4.79 Å². The molecule has 2 atom stereocenters. The second-order valence-corrected chi connectivity index (χ2v) is 4.70. The maximum Gasteiger partial charge on any atom is 0.223 e. The number of hydrogen-bond acceptors (Lipinski definition) is 2. The molecule has 3 heteroatoms. The van der Waals surface area contributed by atoms with E-state index in [0.717, 1.165) is 25.3 Å². The van der Waals surface area contributed by atoms with Crippen LogP contribution in [-0.4, -0.2) is 24.5 Å². The van der Waals surface area contributed by atoms with E-state index in [-0.39, 0.29) is 5.91 Å². The highest BCUT2D eigenvalue weighted by atomic mass is 16.2. The Hall–Kier alpha value is -0.570. The zero-order valence-electron chi connectivity index (χ0n) is 8.88. The molecule has 1 heterocycles. The monoisotopic (exact) mass is 196 g/mol. The van der Waals surface area contributed by atoms with Gasteiger partial charge in [0.2, 0.25) is 5.91 Å². The highest BCUT2D eigenvalue weighted by molar-refractivity contribution is 5.81. The Kier molecular flexibility index (Phi) is 3.06. The first kappa shape index (κ1) is 9.97. The minimum Gasteiger partial charge on any atom is -0.353 e. The van der Waals surface area contributed by atoms with Crippen LogP contribution in [0.2, 0.25) is 0 Å². The predicted molar refractivity (Wildman–Crippen MR) is 56.0 cm³/mol. The molecule has 1 aliphatic heterocycles. The molecule has 2 aliphatic rings. The van der Waals surface area contributed by atoms with Crippen molar-refractivity contribution in [2.45, 2.75) is 51.1 Å². The van der Waals surface area contributed by atoms with Crippen LogP contribution in [0.3, 0.4) is 0 Å². The third kappa shape index (κ3) is 2.71. The summed E-state index contributed by atoms with van der Waals surface area (Å²) >= 11 is 0. The van der Waals surface area contributed by atoms with Crippen LogP contribution in [0, 0.1) is 5.92 Å². The molecule has 80 valence electrons. The summed E-state index contributed by atoms with van der Waals surface area (Å²) in [5.41, 5.74) is 0. The average Bonchev–Trinajstić information content (AvgIpc) is 2.82. The molecule has 0 radical (unpaired) electrons. The van der Waals surface area contributed by atoms with Crippen molar-refractivity contribution < 1.29 is 4.79 Å². The van der Waals surface area contributed by atoms with E-state index in [4.69, 9.17) is 0 Å². The number of rotatable bonds is 5. The summed E-state index contributed by atoms with van der Waals surface area (Å²) in [6.07, 6.45) is 5.82. The van der Waals surface area contributed by atoms with E-state index in [1.807, 2.05) is 0 Å². The van der Waals surface area contributed by atoms with E-state index < -0.39 is 0 Å². The highest BCUT2D eigenvalue weighted by Gasteiger charge is 2.30. The van der Waals surface area contributed by atoms with Gasteiger partial charge in [0, 0.05) is 18.0 Å². The first-order valence-electron chi connectivity index (χ1n) is 5.79. The van der Waals surface area contributed by atoms with Crippen molar-refractivity contribution in [1.29, 1.82) is 0 Å². The smallest absolute Gasteiger partial charge is 0.223 e. The molecule has 2 N–H and O–H groups in total. The molecule has 0 aromatic heterocycles. The molecule has 1 saturated carbocycles. The summed E-state index contributed by atoms with van der Waals surface area (Å²) in [6.45, 7) is 3.28. The largest absolute Gasteiger partial charge is 0.353 e. The standard InChI is InChI=1S/C11H20N2O/c1-8(2-5-10-6-7-12-10)13-11(14)9-3-4-9/h8-10,12H,2-7H2,1H3,(H,13,14). The lowest BCUT2D eigenvalue weighted by atomic mass is 9.99. The van der Waals surface area contributed by atoms with Crippen molar-refractivity contribution in [3.63, 3.8) is 0 Å². The first-order chi connectivity index (χ1) is 6.75. The third-order valence-electron chi connectivity index (χ3n) is 3.21. The Morgan fingerprint density at radius 3 is 2.71 bits per heavy atom. The van der Waals surface area contributed by atoms with Crippen LogP contribution < -0.4 is 10.6 Å². The van der Waals surface area contributed by atoms with Gasteiger partial charge in [-0.05, 0) is 45.6 Å². The number of carbonyl (C=O) groups is 1. The fourth-order valence-corrected chi connectivity index (χ4v) is 1.82. The zero-order valence-corrected chi connectivity index (χ0v) is 8.88. The third-order valence-corrected chi connectivity index (χ3v) is 3.21. The van der Waals surface area contributed by atoms with E-state index in [2.05, 4.69) is 17.6 Å². The van der Waals surface area contributed by atoms with E-state index in [9.17, 15) is 4.79 Å². The summed E-state index contributed by atoms with van der Waals surface area (Å²) in [7, 11) is 0. The predicted octanol–water partition coefficient (Wildman–Crippen LogP) is 1.04.